The first-order valence-corrected chi connectivity index (χ1v) is 4.64. The molecule has 0 aromatic carbocycles. The number of aliphatic carboxylic acids is 1. The van der Waals surface area contributed by atoms with Crippen molar-refractivity contribution in [2.24, 2.45) is 0 Å². The Morgan fingerprint density at radius 1 is 1.07 bits per heavy atom. The van der Waals surface area contributed by atoms with Gasteiger partial charge in [0.2, 0.25) is 0 Å². The quantitative estimate of drug-likeness (QED) is 0.387. The molecule has 3 N–H and O–H groups in total. The Hall–Kier alpha value is -0.690. The summed E-state index contributed by atoms with van der Waals surface area (Å²) in [4.78, 5) is 8.89. The van der Waals surface area contributed by atoms with Gasteiger partial charge in [-0.25, -0.2) is 0 Å². The molecule has 0 saturated carbocycles. The fraction of sp³-hybridized carbons (Fsp3) is 0.889. The Bertz CT molecular complexity index is 165. The highest BCUT2D eigenvalue weighted by Gasteiger charge is 2.37. The predicted molar refractivity (Wildman–Crippen MR) is 51.9 cm³/mol. The molecule has 6 nitrogen and oxygen atoms in total. The zero-order valence-electron chi connectivity index (χ0n) is 9.84. The fourth-order valence-electron chi connectivity index (χ4n) is 0.937. The highest BCUT2D eigenvalue weighted by atomic mass is 16.4. The minimum atomic E-state index is -1.08. The van der Waals surface area contributed by atoms with Crippen LogP contribution >= 0.6 is 0 Å². The van der Waals surface area contributed by atoms with E-state index in [4.69, 9.17) is 9.90 Å². The molecule has 3 unspecified atom stereocenters. The third-order valence-corrected chi connectivity index (χ3v) is 2.42. The molecule has 0 aliphatic carbocycles. The summed E-state index contributed by atoms with van der Waals surface area (Å²) in [6.07, 6.45) is -2.35. The summed E-state index contributed by atoms with van der Waals surface area (Å²) in [5.74, 6) is -1.08. The number of hydrogen-bond donors (Lipinski definition) is 3. The third-order valence-electron chi connectivity index (χ3n) is 2.42. The SMILES string of the molecule is CC(=O)[O-].CC(O)[N+](C)(C(C)O)C(C)O. The molecule has 3 atom stereocenters. The van der Waals surface area contributed by atoms with Gasteiger partial charge in [-0.3, -0.25) is 4.48 Å². The summed E-state index contributed by atoms with van der Waals surface area (Å²) in [5.41, 5.74) is 0. The Morgan fingerprint density at radius 2 is 1.20 bits per heavy atom. The van der Waals surface area contributed by atoms with Crippen LogP contribution in [0.5, 0.6) is 0 Å². The van der Waals surface area contributed by atoms with Gasteiger partial charge in [0, 0.05) is 26.7 Å². The number of carbonyl (C=O) groups is 1. The molecule has 0 fully saturated rings. The van der Waals surface area contributed by atoms with Gasteiger partial charge in [-0.05, 0) is 6.92 Å². The molecule has 0 aliphatic heterocycles. The van der Waals surface area contributed by atoms with E-state index in [9.17, 15) is 15.3 Å². The van der Waals surface area contributed by atoms with Crippen molar-refractivity contribution in [2.75, 3.05) is 7.05 Å². The molecule has 15 heavy (non-hydrogen) atoms. The van der Waals surface area contributed by atoms with E-state index in [0.29, 0.717) is 0 Å². The second-order valence-electron chi connectivity index (χ2n) is 3.61. The highest BCUT2D eigenvalue weighted by molar-refractivity contribution is 5.60. The second-order valence-corrected chi connectivity index (χ2v) is 3.61. The van der Waals surface area contributed by atoms with Gasteiger partial charge in [0.25, 0.3) is 0 Å². The van der Waals surface area contributed by atoms with Crippen molar-refractivity contribution < 1.29 is 29.7 Å². The van der Waals surface area contributed by atoms with Gasteiger partial charge < -0.3 is 25.2 Å². The molecular weight excluding hydrogens is 202 g/mol. The third kappa shape index (κ3) is 5.68. The Labute approximate surface area is 90.0 Å². The van der Waals surface area contributed by atoms with Gasteiger partial charge in [-0.2, -0.15) is 0 Å². The maximum Gasteiger partial charge on any atom is 0.191 e. The first-order valence-electron chi connectivity index (χ1n) is 4.64. The lowest BCUT2D eigenvalue weighted by Gasteiger charge is -2.41. The lowest BCUT2D eigenvalue weighted by molar-refractivity contribution is -1.03. The molecule has 0 rings (SSSR count). The topological polar surface area (TPSA) is 101 Å². The van der Waals surface area contributed by atoms with Crippen molar-refractivity contribution in [3.05, 3.63) is 0 Å². The number of carboxylic acids is 1. The van der Waals surface area contributed by atoms with Gasteiger partial charge in [-0.1, -0.05) is 0 Å². The highest BCUT2D eigenvalue weighted by Crippen LogP contribution is 2.16. The molecule has 0 saturated heterocycles. The molecule has 0 amide bonds. The maximum atomic E-state index is 9.26. The van der Waals surface area contributed by atoms with Crippen LogP contribution in [0.1, 0.15) is 27.7 Å². The fourth-order valence-corrected chi connectivity index (χ4v) is 0.937. The lowest BCUT2D eigenvalue weighted by Crippen LogP contribution is -2.61. The van der Waals surface area contributed by atoms with Crippen molar-refractivity contribution in [3.63, 3.8) is 0 Å². The van der Waals surface area contributed by atoms with Crippen molar-refractivity contribution >= 4 is 5.97 Å². The van der Waals surface area contributed by atoms with E-state index < -0.39 is 24.7 Å². The molecule has 0 bridgehead atoms. The number of hydrogen-bond acceptors (Lipinski definition) is 5. The minimum Gasteiger partial charge on any atom is -0.550 e. The normalized spacial score (nSPS) is 20.3. The van der Waals surface area contributed by atoms with Gasteiger partial charge in [0.15, 0.2) is 18.7 Å². The van der Waals surface area contributed by atoms with E-state index >= 15 is 0 Å². The van der Waals surface area contributed by atoms with Crippen molar-refractivity contribution in [1.82, 2.24) is 0 Å². The average Bonchev–Trinajstić information content (AvgIpc) is 2.00. The molecule has 6 heteroatoms. The monoisotopic (exact) mass is 223 g/mol. The smallest absolute Gasteiger partial charge is 0.191 e. The molecule has 92 valence electrons. The lowest BCUT2D eigenvalue weighted by atomic mass is 10.3. The number of carboxylic acid groups (broad SMARTS) is 1. The van der Waals surface area contributed by atoms with Gasteiger partial charge in [0.05, 0.1) is 7.05 Å². The van der Waals surface area contributed by atoms with E-state index in [-0.39, 0.29) is 4.48 Å². The Balaban J connectivity index is 0. The van der Waals surface area contributed by atoms with Crippen molar-refractivity contribution in [3.8, 4) is 0 Å². The summed E-state index contributed by atoms with van der Waals surface area (Å²) >= 11 is 0. The minimum absolute atomic E-state index is 0.167. The van der Waals surface area contributed by atoms with Crippen LogP contribution in [0, 0.1) is 0 Å². The number of rotatable bonds is 3. The van der Waals surface area contributed by atoms with E-state index in [1.165, 1.54) is 0 Å². The molecular formula is C9H21NO5. The number of aliphatic hydroxyl groups is 3. The molecule has 0 radical (unpaired) electrons. The van der Waals surface area contributed by atoms with Crippen LogP contribution in [0.3, 0.4) is 0 Å². The van der Waals surface area contributed by atoms with E-state index in [2.05, 4.69) is 0 Å². The van der Waals surface area contributed by atoms with Gasteiger partial charge in [-0.15, -0.1) is 0 Å². The first-order chi connectivity index (χ1) is 6.56. The van der Waals surface area contributed by atoms with Crippen molar-refractivity contribution in [2.45, 2.75) is 46.4 Å². The molecule has 0 heterocycles. The largest absolute Gasteiger partial charge is 0.550 e. The number of quaternary nitrogens is 1. The molecule has 0 aliphatic rings. The van der Waals surface area contributed by atoms with E-state index in [0.717, 1.165) is 6.92 Å². The van der Waals surface area contributed by atoms with Crippen LogP contribution in [0.2, 0.25) is 0 Å². The number of aliphatic hydroxyl groups excluding tert-OH is 3. The summed E-state index contributed by atoms with van der Waals surface area (Å²) in [7, 11) is 1.60. The van der Waals surface area contributed by atoms with Crippen LogP contribution in [0.4, 0.5) is 0 Å². The van der Waals surface area contributed by atoms with Crippen LogP contribution in [0.25, 0.3) is 0 Å². The van der Waals surface area contributed by atoms with Crippen LogP contribution < -0.4 is 5.11 Å². The molecule has 0 aromatic heterocycles. The van der Waals surface area contributed by atoms with Gasteiger partial charge >= 0.3 is 0 Å². The standard InChI is InChI=1S/C7H18NO3.C2H4O2/c1-5(9)8(4,6(2)10)7(3)11;1-2(3)4/h5-7,9-11H,1-4H3;1H3,(H,3,4)/q+1;/p-1. The van der Waals surface area contributed by atoms with E-state index in [1.807, 2.05) is 0 Å². The Morgan fingerprint density at radius 3 is 1.20 bits per heavy atom. The van der Waals surface area contributed by atoms with Gasteiger partial charge in [0.1, 0.15) is 0 Å². The van der Waals surface area contributed by atoms with Crippen molar-refractivity contribution in [1.29, 1.82) is 0 Å². The maximum absolute atomic E-state index is 9.26. The summed E-state index contributed by atoms with van der Waals surface area (Å²) in [6.45, 7) is 5.60. The van der Waals surface area contributed by atoms with Crippen LogP contribution in [0.15, 0.2) is 0 Å². The van der Waals surface area contributed by atoms with Crippen LogP contribution in [-0.4, -0.2) is 51.5 Å². The Kier molecular flexibility index (Phi) is 7.51. The number of carbonyl (C=O) groups excluding carboxylic acids is 1. The van der Waals surface area contributed by atoms with Crippen LogP contribution in [-0.2, 0) is 4.79 Å². The first kappa shape index (κ1) is 16.7. The second kappa shape index (κ2) is 6.73. The summed E-state index contributed by atoms with van der Waals surface area (Å²) < 4.78 is -0.167. The number of nitrogens with zero attached hydrogens (tertiary/aromatic N) is 1. The summed E-state index contributed by atoms with van der Waals surface area (Å²) in [5, 5.41) is 36.7. The predicted octanol–water partition coefficient (Wildman–Crippen LogP) is -1.80. The van der Waals surface area contributed by atoms with E-state index in [1.54, 1.807) is 27.8 Å². The molecule has 0 spiro atoms. The summed E-state index contributed by atoms with van der Waals surface area (Å²) in [6, 6.07) is 0. The average molecular weight is 223 g/mol. The zero-order valence-corrected chi connectivity index (χ0v) is 9.84. The zero-order chi connectivity index (χ0) is 12.8. The molecule has 0 aromatic rings.